The van der Waals surface area contributed by atoms with E-state index in [0.29, 0.717) is 16.8 Å². The van der Waals surface area contributed by atoms with Crippen molar-refractivity contribution in [1.82, 2.24) is 0 Å². The maximum Gasteiger partial charge on any atom is 0.138 e. The summed E-state index contributed by atoms with van der Waals surface area (Å²) in [6.45, 7) is 4.61. The summed E-state index contributed by atoms with van der Waals surface area (Å²) < 4.78 is 5.97. The van der Waals surface area contributed by atoms with Gasteiger partial charge < -0.3 is 10.5 Å². The lowest BCUT2D eigenvalue weighted by Gasteiger charge is -2.32. The molecule has 3 atom stereocenters. The van der Waals surface area contributed by atoms with Gasteiger partial charge in [0.1, 0.15) is 5.75 Å². The zero-order valence-electron chi connectivity index (χ0n) is 10.4. The monoisotopic (exact) mass is 253 g/mol. The molecular formula is C14H20ClNO. The molecule has 3 heteroatoms. The maximum absolute atomic E-state index is 6.11. The lowest BCUT2D eigenvalue weighted by Crippen LogP contribution is -2.28. The van der Waals surface area contributed by atoms with Crippen LogP contribution in [0, 0.1) is 11.8 Å². The number of nitrogens with two attached hydrogens (primary N) is 1. The average Bonchev–Trinajstić information content (AvgIpc) is 2.27. The second-order valence-corrected chi connectivity index (χ2v) is 5.60. The van der Waals surface area contributed by atoms with Gasteiger partial charge in [0, 0.05) is 5.69 Å². The van der Waals surface area contributed by atoms with E-state index in [9.17, 15) is 0 Å². The van der Waals surface area contributed by atoms with Crippen molar-refractivity contribution in [3.8, 4) is 5.75 Å². The average molecular weight is 254 g/mol. The molecule has 0 bridgehead atoms. The van der Waals surface area contributed by atoms with Gasteiger partial charge in [-0.3, -0.25) is 0 Å². The van der Waals surface area contributed by atoms with Gasteiger partial charge in [0.15, 0.2) is 0 Å². The first-order valence-electron chi connectivity index (χ1n) is 6.28. The molecule has 0 saturated heterocycles. The van der Waals surface area contributed by atoms with Gasteiger partial charge in [0.2, 0.25) is 0 Å². The third-order valence-electron chi connectivity index (χ3n) is 3.80. The number of nitrogen functional groups attached to an aromatic ring is 1. The third kappa shape index (κ3) is 3.06. The quantitative estimate of drug-likeness (QED) is 0.805. The van der Waals surface area contributed by atoms with Gasteiger partial charge in [-0.2, -0.15) is 0 Å². The Kier molecular flexibility index (Phi) is 3.82. The SMILES string of the molecule is CC1CCC(Oc2ccc(N)cc2Cl)CC1C. The second kappa shape index (κ2) is 5.18. The summed E-state index contributed by atoms with van der Waals surface area (Å²) in [6, 6.07) is 5.43. The fourth-order valence-corrected chi connectivity index (χ4v) is 2.63. The van der Waals surface area contributed by atoms with Gasteiger partial charge in [-0.1, -0.05) is 25.4 Å². The van der Waals surface area contributed by atoms with Crippen LogP contribution in [-0.4, -0.2) is 6.10 Å². The first kappa shape index (κ1) is 12.6. The lowest BCUT2D eigenvalue weighted by molar-refractivity contribution is 0.101. The fraction of sp³-hybridized carbons (Fsp3) is 0.571. The Morgan fingerprint density at radius 3 is 2.65 bits per heavy atom. The van der Waals surface area contributed by atoms with Crippen LogP contribution < -0.4 is 10.5 Å². The van der Waals surface area contributed by atoms with Crippen molar-refractivity contribution < 1.29 is 4.74 Å². The van der Waals surface area contributed by atoms with Crippen LogP contribution in [0.1, 0.15) is 33.1 Å². The first-order chi connectivity index (χ1) is 8.06. The highest BCUT2D eigenvalue weighted by molar-refractivity contribution is 6.32. The topological polar surface area (TPSA) is 35.2 Å². The smallest absolute Gasteiger partial charge is 0.138 e. The number of ether oxygens (including phenoxy) is 1. The van der Waals surface area contributed by atoms with E-state index in [-0.39, 0.29) is 0 Å². The highest BCUT2D eigenvalue weighted by atomic mass is 35.5. The number of hydrogen-bond acceptors (Lipinski definition) is 2. The molecule has 1 fully saturated rings. The third-order valence-corrected chi connectivity index (χ3v) is 4.10. The highest BCUT2D eigenvalue weighted by Crippen LogP contribution is 2.34. The molecule has 0 radical (unpaired) electrons. The van der Waals surface area contributed by atoms with Gasteiger partial charge in [-0.05, 0) is 49.3 Å². The molecule has 94 valence electrons. The van der Waals surface area contributed by atoms with Crippen molar-refractivity contribution in [2.75, 3.05) is 5.73 Å². The molecule has 2 N–H and O–H groups in total. The molecule has 2 nitrogen and oxygen atoms in total. The molecule has 1 aliphatic rings. The predicted octanol–water partition coefficient (Wildman–Crippen LogP) is 4.13. The van der Waals surface area contributed by atoms with Gasteiger partial charge in [0.25, 0.3) is 0 Å². The summed E-state index contributed by atoms with van der Waals surface area (Å²) in [4.78, 5) is 0. The summed E-state index contributed by atoms with van der Waals surface area (Å²) >= 11 is 6.11. The zero-order valence-corrected chi connectivity index (χ0v) is 11.2. The van der Waals surface area contributed by atoms with Gasteiger partial charge in [-0.15, -0.1) is 0 Å². The zero-order chi connectivity index (χ0) is 12.4. The van der Waals surface area contributed by atoms with Crippen LogP contribution in [0.4, 0.5) is 5.69 Å². The van der Waals surface area contributed by atoms with Crippen LogP contribution in [0.25, 0.3) is 0 Å². The number of halogens is 1. The molecule has 0 heterocycles. The Bertz CT molecular complexity index is 394. The van der Waals surface area contributed by atoms with Crippen LogP contribution in [0.5, 0.6) is 5.75 Å². The van der Waals surface area contributed by atoms with Crippen molar-refractivity contribution in [3.63, 3.8) is 0 Å². The Labute approximate surface area is 108 Å². The van der Waals surface area contributed by atoms with E-state index in [1.165, 1.54) is 6.42 Å². The molecule has 1 aromatic carbocycles. The minimum atomic E-state index is 0.294. The fourth-order valence-electron chi connectivity index (χ4n) is 2.40. The Morgan fingerprint density at radius 1 is 1.24 bits per heavy atom. The van der Waals surface area contributed by atoms with Crippen LogP contribution in [0.15, 0.2) is 18.2 Å². The molecule has 0 spiro atoms. The van der Waals surface area contributed by atoms with Crippen molar-refractivity contribution in [2.45, 2.75) is 39.2 Å². The summed E-state index contributed by atoms with van der Waals surface area (Å²) in [5, 5.41) is 0.608. The molecule has 2 rings (SSSR count). The number of anilines is 1. The van der Waals surface area contributed by atoms with Crippen LogP contribution in [0.3, 0.4) is 0 Å². The van der Waals surface area contributed by atoms with Crippen molar-refractivity contribution in [2.24, 2.45) is 11.8 Å². The van der Waals surface area contributed by atoms with E-state index in [1.807, 2.05) is 12.1 Å². The van der Waals surface area contributed by atoms with E-state index in [2.05, 4.69) is 13.8 Å². The molecule has 1 aliphatic carbocycles. The first-order valence-corrected chi connectivity index (χ1v) is 6.65. The molecule has 0 aliphatic heterocycles. The standard InChI is InChI=1S/C14H20ClNO/c1-9-3-5-12(7-10(9)2)17-14-6-4-11(16)8-13(14)15/h4,6,8-10,12H,3,5,7,16H2,1-2H3. The second-order valence-electron chi connectivity index (χ2n) is 5.20. The van der Waals surface area contributed by atoms with E-state index < -0.39 is 0 Å². The van der Waals surface area contributed by atoms with Gasteiger partial charge in [0.05, 0.1) is 11.1 Å². The lowest BCUT2D eigenvalue weighted by atomic mass is 9.80. The molecule has 3 unspecified atom stereocenters. The molecule has 17 heavy (non-hydrogen) atoms. The van der Waals surface area contributed by atoms with Crippen molar-refractivity contribution in [3.05, 3.63) is 23.2 Å². The minimum absolute atomic E-state index is 0.294. The van der Waals surface area contributed by atoms with Gasteiger partial charge in [-0.25, -0.2) is 0 Å². The minimum Gasteiger partial charge on any atom is -0.489 e. The van der Waals surface area contributed by atoms with E-state index >= 15 is 0 Å². The van der Waals surface area contributed by atoms with Crippen molar-refractivity contribution >= 4 is 17.3 Å². The molecular weight excluding hydrogens is 234 g/mol. The number of benzene rings is 1. The van der Waals surface area contributed by atoms with E-state index in [1.54, 1.807) is 6.07 Å². The van der Waals surface area contributed by atoms with E-state index in [4.69, 9.17) is 22.1 Å². The van der Waals surface area contributed by atoms with Gasteiger partial charge >= 0.3 is 0 Å². The summed E-state index contributed by atoms with van der Waals surface area (Å²) in [7, 11) is 0. The molecule has 1 saturated carbocycles. The maximum atomic E-state index is 6.11. The summed E-state index contributed by atoms with van der Waals surface area (Å²) in [5.74, 6) is 2.28. The summed E-state index contributed by atoms with van der Waals surface area (Å²) in [6.07, 6.45) is 3.76. The number of hydrogen-bond donors (Lipinski definition) is 1. The predicted molar refractivity (Wildman–Crippen MR) is 72.5 cm³/mol. The Balaban J connectivity index is 2.01. The summed E-state index contributed by atoms with van der Waals surface area (Å²) in [5.41, 5.74) is 6.33. The molecule has 0 amide bonds. The largest absolute Gasteiger partial charge is 0.489 e. The Morgan fingerprint density at radius 2 is 2.00 bits per heavy atom. The van der Waals surface area contributed by atoms with Crippen LogP contribution in [-0.2, 0) is 0 Å². The van der Waals surface area contributed by atoms with E-state index in [0.717, 1.165) is 30.4 Å². The normalized spacial score (nSPS) is 29.0. The molecule has 1 aromatic rings. The Hall–Kier alpha value is -0.890. The number of rotatable bonds is 2. The molecule has 0 aromatic heterocycles. The van der Waals surface area contributed by atoms with Crippen LogP contribution in [0.2, 0.25) is 5.02 Å². The van der Waals surface area contributed by atoms with Crippen LogP contribution >= 0.6 is 11.6 Å². The van der Waals surface area contributed by atoms with Crippen molar-refractivity contribution in [1.29, 1.82) is 0 Å². The highest BCUT2D eigenvalue weighted by Gasteiger charge is 2.26.